The second-order valence-corrected chi connectivity index (χ2v) is 12.1. The molecule has 0 fully saturated rings. The third kappa shape index (κ3) is 4.93. The first-order chi connectivity index (χ1) is 22.3. The maximum absolute atomic E-state index is 3.25. The molecule has 8 rings (SSSR count). The average Bonchev–Trinajstić information content (AvgIpc) is 3.44. The number of rotatable bonds is 6. The predicted octanol–water partition coefficient (Wildman–Crippen LogP) is 10.4. The van der Waals surface area contributed by atoms with Crippen LogP contribution >= 0.6 is 0 Å². The summed E-state index contributed by atoms with van der Waals surface area (Å²) in [5, 5.41) is 2.46. The number of para-hydroxylation sites is 3. The number of hydrogen-bond acceptors (Lipinski definition) is 1. The van der Waals surface area contributed by atoms with Crippen molar-refractivity contribution >= 4 is 59.3 Å². The molecule has 0 bridgehead atoms. The van der Waals surface area contributed by atoms with E-state index in [0.717, 1.165) is 27.2 Å². The van der Waals surface area contributed by atoms with Crippen molar-refractivity contribution in [3.05, 3.63) is 176 Å². The van der Waals surface area contributed by atoms with E-state index in [9.17, 15) is 0 Å². The van der Waals surface area contributed by atoms with Crippen LogP contribution in [0, 0.1) is 0 Å². The number of hydrogen-bond donors (Lipinski definition) is 0. The minimum atomic E-state index is 1.10. The summed E-state index contributed by atoms with van der Waals surface area (Å²) >= 11 is 3.25. The van der Waals surface area contributed by atoms with Crippen LogP contribution in [0.4, 0.5) is 17.1 Å². The third-order valence-electron chi connectivity index (χ3n) is 8.46. The third-order valence-corrected chi connectivity index (χ3v) is 9.21. The Hall–Kier alpha value is -5.34. The van der Waals surface area contributed by atoms with Crippen LogP contribution in [0.3, 0.4) is 0 Å². The van der Waals surface area contributed by atoms with E-state index in [4.69, 9.17) is 0 Å². The van der Waals surface area contributed by atoms with Crippen molar-refractivity contribution in [1.29, 1.82) is 0 Å². The van der Waals surface area contributed by atoms with Crippen LogP contribution in [0.1, 0.15) is 0 Å². The summed E-state index contributed by atoms with van der Waals surface area (Å²) in [5.41, 5.74) is 11.6. The Morgan fingerprint density at radius 2 is 1.04 bits per heavy atom. The molecule has 0 aliphatic carbocycles. The van der Waals surface area contributed by atoms with Gasteiger partial charge in [0.1, 0.15) is 0 Å². The molecule has 8 aromatic rings. The Bertz CT molecular complexity index is 2290. The van der Waals surface area contributed by atoms with Crippen molar-refractivity contribution in [3.63, 3.8) is 0 Å². The van der Waals surface area contributed by atoms with Crippen LogP contribution in [0.25, 0.3) is 49.7 Å². The van der Waals surface area contributed by atoms with Gasteiger partial charge in [0.2, 0.25) is 0 Å². The van der Waals surface area contributed by atoms with Crippen molar-refractivity contribution in [1.82, 2.24) is 4.57 Å². The average molecular weight is 641 g/mol. The number of nitrogens with zero attached hydrogens (tertiary/aromatic N) is 2. The second-order valence-electron chi connectivity index (χ2n) is 11.2. The van der Waals surface area contributed by atoms with Gasteiger partial charge < -0.3 is 0 Å². The van der Waals surface area contributed by atoms with Crippen LogP contribution in [-0.2, 0) is 0 Å². The van der Waals surface area contributed by atoms with Gasteiger partial charge in [-0.15, -0.1) is 0 Å². The van der Waals surface area contributed by atoms with Gasteiger partial charge in [-0.3, -0.25) is 0 Å². The quantitative estimate of drug-likeness (QED) is 0.164. The molecule has 0 amide bonds. The first-order valence-corrected chi connectivity index (χ1v) is 16.0. The van der Waals surface area contributed by atoms with Crippen molar-refractivity contribution in [2.45, 2.75) is 0 Å². The Balaban J connectivity index is 1.39. The second kappa shape index (κ2) is 11.6. The first-order valence-electron chi connectivity index (χ1n) is 15.2. The zero-order valence-corrected chi connectivity index (χ0v) is 26.3. The Morgan fingerprint density at radius 3 is 1.87 bits per heavy atom. The van der Waals surface area contributed by atoms with Gasteiger partial charge in [-0.05, 0) is 12.1 Å². The van der Waals surface area contributed by atoms with Gasteiger partial charge in [-0.1, -0.05) is 24.3 Å². The van der Waals surface area contributed by atoms with E-state index in [0.29, 0.717) is 0 Å². The number of fused-ring (bicyclic) bond motifs is 3. The molecule has 3 heteroatoms. The van der Waals surface area contributed by atoms with Gasteiger partial charge in [0.05, 0.1) is 0 Å². The predicted molar refractivity (Wildman–Crippen MR) is 192 cm³/mol. The molecule has 0 saturated carbocycles. The summed E-state index contributed by atoms with van der Waals surface area (Å²) in [6, 6.07) is 62.9. The van der Waals surface area contributed by atoms with Gasteiger partial charge in [0.15, 0.2) is 0 Å². The molecule has 0 saturated heterocycles. The molecule has 1 heterocycles. The fourth-order valence-electron chi connectivity index (χ4n) is 6.43. The summed E-state index contributed by atoms with van der Waals surface area (Å²) < 4.78 is 3.51. The van der Waals surface area contributed by atoms with Crippen molar-refractivity contribution in [2.75, 3.05) is 4.90 Å². The van der Waals surface area contributed by atoms with Crippen molar-refractivity contribution < 1.29 is 0 Å². The first kappa shape index (κ1) is 27.2. The minimum absolute atomic E-state index is 1.10. The summed E-state index contributed by atoms with van der Waals surface area (Å²) in [6.45, 7) is 0. The molecule has 0 aliphatic rings. The van der Waals surface area contributed by atoms with E-state index in [1.165, 1.54) is 44.1 Å². The van der Waals surface area contributed by atoms with E-state index in [1.807, 2.05) is 0 Å². The monoisotopic (exact) mass is 641 g/mol. The van der Waals surface area contributed by atoms with Gasteiger partial charge >= 0.3 is 236 Å². The summed E-state index contributed by atoms with van der Waals surface area (Å²) in [5.74, 6) is 0. The summed E-state index contributed by atoms with van der Waals surface area (Å²) in [7, 11) is 0. The molecule has 213 valence electrons. The molecular formula is C42H29N2Se. The Morgan fingerprint density at radius 1 is 0.422 bits per heavy atom. The van der Waals surface area contributed by atoms with Crippen LogP contribution in [0.15, 0.2) is 176 Å². The number of anilines is 3. The summed E-state index contributed by atoms with van der Waals surface area (Å²) in [4.78, 5) is 2.40. The Kier molecular flexibility index (Phi) is 7.04. The molecule has 0 spiro atoms. The molecule has 45 heavy (non-hydrogen) atoms. The fourth-order valence-corrected chi connectivity index (χ4v) is 6.99. The normalized spacial score (nSPS) is 11.2. The molecule has 2 nitrogen and oxygen atoms in total. The fraction of sp³-hybridized carbons (Fsp3) is 0. The van der Waals surface area contributed by atoms with Gasteiger partial charge in [-0.2, -0.15) is 0 Å². The van der Waals surface area contributed by atoms with E-state index in [2.05, 4.69) is 201 Å². The van der Waals surface area contributed by atoms with Gasteiger partial charge in [0.25, 0.3) is 0 Å². The van der Waals surface area contributed by atoms with Crippen LogP contribution in [0.5, 0.6) is 0 Å². The van der Waals surface area contributed by atoms with Crippen LogP contribution < -0.4 is 9.36 Å². The standard InChI is InChI=1S/C42H29N2Se/c45-42-25-12-9-21-36(42)31-16-13-19-33(28-31)43(39-23-10-7-20-35(39)30-14-3-1-4-15-30)34-26-27-41-38(29-34)37-22-8-11-24-40(37)44(41)32-17-5-2-6-18-32/h1-29H. The van der Waals surface area contributed by atoms with Crippen molar-refractivity contribution in [2.24, 2.45) is 0 Å². The van der Waals surface area contributed by atoms with Gasteiger partial charge in [-0.25, -0.2) is 0 Å². The topological polar surface area (TPSA) is 8.17 Å². The molecule has 0 N–H and O–H groups in total. The molecule has 0 atom stereocenters. The molecular weight excluding hydrogens is 611 g/mol. The van der Waals surface area contributed by atoms with E-state index < -0.39 is 0 Å². The molecule has 7 aromatic carbocycles. The van der Waals surface area contributed by atoms with Crippen LogP contribution in [0.2, 0.25) is 0 Å². The molecule has 0 aliphatic heterocycles. The summed E-state index contributed by atoms with van der Waals surface area (Å²) in [6.07, 6.45) is 0. The molecule has 0 unspecified atom stereocenters. The number of benzene rings is 7. The van der Waals surface area contributed by atoms with E-state index in [-0.39, 0.29) is 0 Å². The Labute approximate surface area is 271 Å². The van der Waals surface area contributed by atoms with Crippen molar-refractivity contribution in [3.8, 4) is 27.9 Å². The van der Waals surface area contributed by atoms with Crippen LogP contribution in [-0.4, -0.2) is 20.6 Å². The van der Waals surface area contributed by atoms with E-state index in [1.54, 1.807) is 0 Å². The molecule has 1 aromatic heterocycles. The zero-order chi connectivity index (χ0) is 30.2. The molecule has 1 radical (unpaired) electrons. The SMILES string of the molecule is [Se]c1ccccc1-c1cccc(N(c2ccc3c(c2)c2ccccc2n3-c2ccccc2)c2ccccc2-c2ccccc2)c1. The maximum atomic E-state index is 3.25. The number of aromatic nitrogens is 1. The van der Waals surface area contributed by atoms with Gasteiger partial charge in [0, 0.05) is 0 Å². The van der Waals surface area contributed by atoms with E-state index >= 15 is 0 Å². The zero-order valence-electron chi connectivity index (χ0n) is 24.5.